The van der Waals surface area contributed by atoms with E-state index in [1.54, 1.807) is 5.32 Å². The standard InChI is InChI=1S/C22H21F3N2O5/c1-12(20(29)30)26-19(28)10-18(22(23,24)25)27-21(31)32-11-17-15-8-4-2-6-13(15)14-7-3-5-9-16(14)17/h2-9,12,17-18H,10-11H2,1H3,(H,26,28)(H,27,31)(H,29,30)/t12-,18?/m0/s1. The van der Waals surface area contributed by atoms with Gasteiger partial charge in [-0.1, -0.05) is 48.5 Å². The number of halogens is 3. The Morgan fingerprint density at radius 3 is 2.03 bits per heavy atom. The Morgan fingerprint density at radius 2 is 1.53 bits per heavy atom. The van der Waals surface area contributed by atoms with E-state index in [0.717, 1.165) is 29.2 Å². The molecule has 3 rings (SSSR count). The highest BCUT2D eigenvalue weighted by Gasteiger charge is 2.43. The van der Waals surface area contributed by atoms with Gasteiger partial charge in [0.1, 0.15) is 18.7 Å². The molecule has 0 fully saturated rings. The molecule has 2 amide bonds. The fraction of sp³-hybridized carbons (Fsp3) is 0.318. The van der Waals surface area contributed by atoms with E-state index in [4.69, 9.17) is 9.84 Å². The van der Waals surface area contributed by atoms with Crippen molar-refractivity contribution in [3.8, 4) is 11.1 Å². The van der Waals surface area contributed by atoms with Crippen LogP contribution in [0.4, 0.5) is 18.0 Å². The number of hydrogen-bond donors (Lipinski definition) is 3. The lowest BCUT2D eigenvalue weighted by molar-refractivity contribution is -0.160. The summed E-state index contributed by atoms with van der Waals surface area (Å²) in [5.74, 6) is -2.90. The van der Waals surface area contributed by atoms with Crippen LogP contribution < -0.4 is 10.6 Å². The average Bonchev–Trinajstić information content (AvgIpc) is 3.05. The van der Waals surface area contributed by atoms with Gasteiger partial charge in [-0.15, -0.1) is 0 Å². The number of nitrogens with one attached hydrogen (secondary N) is 2. The number of aliphatic carboxylic acids is 1. The van der Waals surface area contributed by atoms with E-state index in [-0.39, 0.29) is 12.5 Å². The molecule has 0 radical (unpaired) electrons. The molecule has 2 aromatic carbocycles. The maximum atomic E-state index is 13.3. The summed E-state index contributed by atoms with van der Waals surface area (Å²) >= 11 is 0. The number of benzene rings is 2. The molecule has 170 valence electrons. The monoisotopic (exact) mass is 450 g/mol. The van der Waals surface area contributed by atoms with Crippen LogP contribution in [0.25, 0.3) is 11.1 Å². The minimum atomic E-state index is -4.94. The van der Waals surface area contributed by atoms with Crippen LogP contribution in [0.15, 0.2) is 48.5 Å². The first-order chi connectivity index (χ1) is 15.1. The first-order valence-electron chi connectivity index (χ1n) is 9.78. The minimum Gasteiger partial charge on any atom is -0.480 e. The molecule has 10 heteroatoms. The second-order valence-electron chi connectivity index (χ2n) is 7.40. The van der Waals surface area contributed by atoms with Crippen LogP contribution >= 0.6 is 0 Å². The average molecular weight is 450 g/mol. The Balaban J connectivity index is 1.65. The number of hydrogen-bond acceptors (Lipinski definition) is 4. The third kappa shape index (κ3) is 5.19. The number of amides is 2. The lowest BCUT2D eigenvalue weighted by Gasteiger charge is -2.22. The van der Waals surface area contributed by atoms with Crippen molar-refractivity contribution in [2.75, 3.05) is 6.61 Å². The van der Waals surface area contributed by atoms with Gasteiger partial charge in [0.25, 0.3) is 0 Å². The number of ether oxygens (including phenoxy) is 1. The Labute approximate surface area is 181 Å². The fourth-order valence-corrected chi connectivity index (χ4v) is 3.58. The van der Waals surface area contributed by atoms with Gasteiger partial charge in [-0.3, -0.25) is 9.59 Å². The van der Waals surface area contributed by atoms with Crippen molar-refractivity contribution in [2.24, 2.45) is 0 Å². The van der Waals surface area contributed by atoms with Crippen molar-refractivity contribution >= 4 is 18.0 Å². The second-order valence-corrected chi connectivity index (χ2v) is 7.40. The molecule has 1 aliphatic carbocycles. The fourth-order valence-electron chi connectivity index (χ4n) is 3.58. The van der Waals surface area contributed by atoms with Crippen LogP contribution in [-0.4, -0.2) is 47.9 Å². The van der Waals surface area contributed by atoms with Gasteiger partial charge < -0.3 is 20.5 Å². The van der Waals surface area contributed by atoms with Crippen molar-refractivity contribution in [1.82, 2.24) is 10.6 Å². The van der Waals surface area contributed by atoms with Crippen LogP contribution in [0.2, 0.25) is 0 Å². The number of alkyl carbamates (subject to hydrolysis) is 1. The third-order valence-electron chi connectivity index (χ3n) is 5.17. The summed E-state index contributed by atoms with van der Waals surface area (Å²) in [5, 5.41) is 12.3. The number of carbonyl (C=O) groups is 3. The summed E-state index contributed by atoms with van der Waals surface area (Å²) in [6, 6.07) is 11.1. The summed E-state index contributed by atoms with van der Waals surface area (Å²) in [4.78, 5) is 34.7. The molecule has 1 unspecified atom stereocenters. The molecule has 0 heterocycles. The second kappa shape index (κ2) is 9.29. The maximum absolute atomic E-state index is 13.3. The van der Waals surface area contributed by atoms with E-state index in [9.17, 15) is 27.6 Å². The third-order valence-corrected chi connectivity index (χ3v) is 5.17. The van der Waals surface area contributed by atoms with Crippen LogP contribution in [0.1, 0.15) is 30.4 Å². The molecule has 1 aliphatic rings. The molecule has 2 atom stereocenters. The minimum absolute atomic E-state index is 0.188. The van der Waals surface area contributed by atoms with Crippen LogP contribution in [-0.2, 0) is 14.3 Å². The largest absolute Gasteiger partial charge is 0.480 e. The molecule has 3 N–H and O–H groups in total. The van der Waals surface area contributed by atoms with Gasteiger partial charge in [0.2, 0.25) is 5.91 Å². The van der Waals surface area contributed by atoms with Crippen molar-refractivity contribution < 1.29 is 37.4 Å². The molecular formula is C22H21F3N2O5. The van der Waals surface area contributed by atoms with Gasteiger partial charge in [-0.2, -0.15) is 13.2 Å². The van der Waals surface area contributed by atoms with Crippen molar-refractivity contribution in [3.63, 3.8) is 0 Å². The van der Waals surface area contributed by atoms with Gasteiger partial charge >= 0.3 is 18.2 Å². The summed E-state index contributed by atoms with van der Waals surface area (Å²) in [5.41, 5.74) is 3.73. The van der Waals surface area contributed by atoms with Crippen molar-refractivity contribution in [1.29, 1.82) is 0 Å². The number of carboxylic acids is 1. The van der Waals surface area contributed by atoms with Crippen LogP contribution in [0.3, 0.4) is 0 Å². The zero-order valence-corrected chi connectivity index (χ0v) is 17.0. The lowest BCUT2D eigenvalue weighted by atomic mass is 9.98. The predicted molar refractivity (Wildman–Crippen MR) is 108 cm³/mol. The topological polar surface area (TPSA) is 105 Å². The molecule has 0 spiro atoms. The molecule has 7 nitrogen and oxygen atoms in total. The number of alkyl halides is 3. The Morgan fingerprint density at radius 1 is 1.00 bits per heavy atom. The molecule has 0 aromatic heterocycles. The first kappa shape index (κ1) is 23.1. The van der Waals surface area contributed by atoms with Gasteiger partial charge in [0.05, 0.1) is 6.42 Å². The summed E-state index contributed by atoms with van der Waals surface area (Å²) in [6.45, 7) is 0.925. The lowest BCUT2D eigenvalue weighted by Crippen LogP contribution is -2.50. The number of rotatable bonds is 7. The van der Waals surface area contributed by atoms with E-state index >= 15 is 0 Å². The van der Waals surface area contributed by atoms with Gasteiger partial charge in [0, 0.05) is 5.92 Å². The van der Waals surface area contributed by atoms with E-state index in [0.29, 0.717) is 0 Å². The highest BCUT2D eigenvalue weighted by molar-refractivity contribution is 5.84. The summed E-state index contributed by atoms with van der Waals surface area (Å²) in [6.07, 6.45) is -7.44. The number of carboxylic acid groups (broad SMARTS) is 1. The zero-order valence-electron chi connectivity index (χ0n) is 17.0. The predicted octanol–water partition coefficient (Wildman–Crippen LogP) is 3.44. The van der Waals surface area contributed by atoms with Crippen molar-refractivity contribution in [3.05, 3.63) is 59.7 Å². The summed E-state index contributed by atoms with van der Waals surface area (Å²) < 4.78 is 45.0. The highest BCUT2D eigenvalue weighted by Crippen LogP contribution is 2.44. The SMILES string of the molecule is C[C@H](NC(=O)CC(NC(=O)OCC1c2ccccc2-c2ccccc21)C(F)(F)F)C(=O)O. The number of fused-ring (bicyclic) bond motifs is 3. The van der Waals surface area contributed by atoms with Crippen LogP contribution in [0, 0.1) is 0 Å². The van der Waals surface area contributed by atoms with Gasteiger partial charge in [0.15, 0.2) is 0 Å². The number of carbonyl (C=O) groups excluding carboxylic acids is 2. The Hall–Kier alpha value is -3.56. The molecule has 32 heavy (non-hydrogen) atoms. The normalized spacial score (nSPS) is 14.6. The molecule has 0 saturated carbocycles. The Bertz CT molecular complexity index is 979. The molecule has 0 aliphatic heterocycles. The highest BCUT2D eigenvalue weighted by atomic mass is 19.4. The van der Waals surface area contributed by atoms with E-state index < -0.39 is 42.7 Å². The van der Waals surface area contributed by atoms with E-state index in [1.165, 1.54) is 0 Å². The first-order valence-corrected chi connectivity index (χ1v) is 9.78. The van der Waals surface area contributed by atoms with E-state index in [1.807, 2.05) is 53.8 Å². The molecule has 0 bridgehead atoms. The van der Waals surface area contributed by atoms with Gasteiger partial charge in [-0.25, -0.2) is 4.79 Å². The molecule has 2 aromatic rings. The quantitative estimate of drug-likeness (QED) is 0.600. The van der Waals surface area contributed by atoms with E-state index in [2.05, 4.69) is 0 Å². The zero-order chi connectivity index (χ0) is 23.5. The van der Waals surface area contributed by atoms with Gasteiger partial charge in [-0.05, 0) is 29.2 Å². The molecular weight excluding hydrogens is 429 g/mol. The smallest absolute Gasteiger partial charge is 0.409 e. The maximum Gasteiger partial charge on any atom is 0.409 e. The van der Waals surface area contributed by atoms with Crippen LogP contribution in [0.5, 0.6) is 0 Å². The Kier molecular flexibility index (Phi) is 6.71. The van der Waals surface area contributed by atoms with Crippen molar-refractivity contribution in [2.45, 2.75) is 37.5 Å². The summed E-state index contributed by atoms with van der Waals surface area (Å²) in [7, 11) is 0. The molecule has 0 saturated heterocycles.